The lowest BCUT2D eigenvalue weighted by Gasteiger charge is -2.03. The molecule has 6 nitrogen and oxygen atoms in total. The number of hydrogen-bond acceptors (Lipinski definition) is 5. The molecule has 3 aromatic rings. The fourth-order valence-electron chi connectivity index (χ4n) is 1.70. The standard InChI is InChI=1S/C11H8F3N5O/c12-11(13,14)10-17-8(18-19-10)5-16-9-6-2-4-20-7(6)1-3-15-9/h1-4H,5H2,(H,15,16)(H,17,18,19). The molecular weight excluding hydrogens is 275 g/mol. The number of pyridine rings is 1. The maximum atomic E-state index is 12.3. The van der Waals surface area contributed by atoms with Crippen LogP contribution in [0.25, 0.3) is 11.0 Å². The molecule has 0 aliphatic carbocycles. The van der Waals surface area contributed by atoms with E-state index in [-0.39, 0.29) is 12.4 Å². The van der Waals surface area contributed by atoms with Crippen molar-refractivity contribution in [1.29, 1.82) is 0 Å². The summed E-state index contributed by atoms with van der Waals surface area (Å²) in [4.78, 5) is 7.45. The number of nitrogens with zero attached hydrogens (tertiary/aromatic N) is 3. The van der Waals surface area contributed by atoms with Crippen LogP contribution in [0.3, 0.4) is 0 Å². The smallest absolute Gasteiger partial charge is 0.453 e. The predicted molar refractivity (Wildman–Crippen MR) is 62.7 cm³/mol. The van der Waals surface area contributed by atoms with Crippen molar-refractivity contribution in [2.75, 3.05) is 5.32 Å². The first-order chi connectivity index (χ1) is 9.54. The number of nitrogens with one attached hydrogen (secondary N) is 2. The molecular formula is C11H8F3N5O. The van der Waals surface area contributed by atoms with E-state index in [1.165, 1.54) is 12.5 Å². The molecule has 0 aromatic carbocycles. The molecule has 0 fully saturated rings. The summed E-state index contributed by atoms with van der Waals surface area (Å²) >= 11 is 0. The highest BCUT2D eigenvalue weighted by Gasteiger charge is 2.35. The highest BCUT2D eigenvalue weighted by Crippen LogP contribution is 2.26. The molecule has 0 unspecified atom stereocenters. The number of H-pyrrole nitrogens is 1. The second-order valence-electron chi connectivity index (χ2n) is 3.95. The molecule has 0 aliphatic heterocycles. The lowest BCUT2D eigenvalue weighted by Crippen LogP contribution is -2.08. The van der Waals surface area contributed by atoms with E-state index < -0.39 is 12.0 Å². The number of aromatic nitrogens is 4. The number of aromatic amines is 1. The van der Waals surface area contributed by atoms with Crippen molar-refractivity contribution in [3.05, 3.63) is 36.2 Å². The Kier molecular flexibility index (Phi) is 2.81. The average molecular weight is 283 g/mol. The zero-order valence-corrected chi connectivity index (χ0v) is 9.90. The van der Waals surface area contributed by atoms with E-state index in [2.05, 4.69) is 25.5 Å². The Labute approximate surface area is 110 Å². The van der Waals surface area contributed by atoms with E-state index in [1.807, 2.05) is 0 Å². The topological polar surface area (TPSA) is 79.6 Å². The van der Waals surface area contributed by atoms with E-state index in [0.29, 0.717) is 11.4 Å². The van der Waals surface area contributed by atoms with Crippen molar-refractivity contribution in [1.82, 2.24) is 20.2 Å². The summed E-state index contributed by atoms with van der Waals surface area (Å²) in [6.45, 7) is 0.0420. The quantitative estimate of drug-likeness (QED) is 0.772. The summed E-state index contributed by atoms with van der Waals surface area (Å²) in [5, 5.41) is 8.96. The van der Waals surface area contributed by atoms with Crippen molar-refractivity contribution >= 4 is 16.8 Å². The fraction of sp³-hybridized carbons (Fsp3) is 0.182. The molecule has 0 saturated heterocycles. The second-order valence-corrected chi connectivity index (χ2v) is 3.95. The van der Waals surface area contributed by atoms with Crippen LogP contribution in [-0.2, 0) is 12.7 Å². The lowest BCUT2D eigenvalue weighted by atomic mass is 10.3. The molecule has 0 aliphatic rings. The summed E-state index contributed by atoms with van der Waals surface area (Å²) in [6.07, 6.45) is -1.51. The Morgan fingerprint density at radius 1 is 1.30 bits per heavy atom. The highest BCUT2D eigenvalue weighted by molar-refractivity contribution is 5.87. The van der Waals surface area contributed by atoms with Crippen LogP contribution < -0.4 is 5.32 Å². The Bertz CT molecular complexity index is 733. The maximum Gasteiger partial charge on any atom is 0.453 e. The Morgan fingerprint density at radius 2 is 2.15 bits per heavy atom. The molecule has 0 saturated carbocycles. The van der Waals surface area contributed by atoms with Gasteiger partial charge in [0.15, 0.2) is 0 Å². The van der Waals surface area contributed by atoms with E-state index in [0.717, 1.165) is 5.39 Å². The van der Waals surface area contributed by atoms with Crippen LogP contribution in [0.15, 0.2) is 29.0 Å². The molecule has 0 spiro atoms. The summed E-state index contributed by atoms with van der Waals surface area (Å²) < 4.78 is 42.2. The first-order valence-electron chi connectivity index (χ1n) is 5.58. The number of rotatable bonds is 3. The van der Waals surface area contributed by atoms with Gasteiger partial charge in [0.25, 0.3) is 5.82 Å². The van der Waals surface area contributed by atoms with Crippen LogP contribution in [0.5, 0.6) is 0 Å². The molecule has 0 radical (unpaired) electrons. The van der Waals surface area contributed by atoms with Gasteiger partial charge in [0.1, 0.15) is 17.2 Å². The van der Waals surface area contributed by atoms with Crippen molar-refractivity contribution in [2.24, 2.45) is 0 Å². The summed E-state index contributed by atoms with van der Waals surface area (Å²) in [6, 6.07) is 3.41. The third-order valence-electron chi connectivity index (χ3n) is 2.59. The first kappa shape index (κ1) is 12.5. The summed E-state index contributed by atoms with van der Waals surface area (Å²) in [5.41, 5.74) is 0.635. The number of hydrogen-bond donors (Lipinski definition) is 2. The maximum absolute atomic E-state index is 12.3. The zero-order chi connectivity index (χ0) is 14.2. The first-order valence-corrected chi connectivity index (χ1v) is 5.58. The lowest BCUT2D eigenvalue weighted by molar-refractivity contribution is -0.144. The van der Waals surface area contributed by atoms with E-state index in [1.54, 1.807) is 12.1 Å². The molecule has 3 aromatic heterocycles. The predicted octanol–water partition coefficient (Wildman–Crippen LogP) is 2.58. The van der Waals surface area contributed by atoms with Crippen LogP contribution in [0, 0.1) is 0 Å². The largest absolute Gasteiger partial charge is 0.464 e. The van der Waals surface area contributed by atoms with Gasteiger partial charge in [-0.2, -0.15) is 13.2 Å². The summed E-state index contributed by atoms with van der Waals surface area (Å²) in [7, 11) is 0. The van der Waals surface area contributed by atoms with Crippen LogP contribution in [-0.4, -0.2) is 20.2 Å². The fourth-order valence-corrected chi connectivity index (χ4v) is 1.70. The van der Waals surface area contributed by atoms with Crippen molar-refractivity contribution < 1.29 is 17.6 Å². The number of halogens is 3. The number of anilines is 1. The van der Waals surface area contributed by atoms with Gasteiger partial charge in [-0.05, 0) is 12.1 Å². The number of alkyl halides is 3. The van der Waals surface area contributed by atoms with Gasteiger partial charge in [0.2, 0.25) is 0 Å². The minimum absolute atomic E-state index is 0.0420. The van der Waals surface area contributed by atoms with Crippen LogP contribution in [0.1, 0.15) is 11.6 Å². The molecule has 0 amide bonds. The van der Waals surface area contributed by atoms with Crippen molar-refractivity contribution in [3.8, 4) is 0 Å². The third kappa shape index (κ3) is 2.29. The summed E-state index contributed by atoms with van der Waals surface area (Å²) in [5.74, 6) is -0.621. The van der Waals surface area contributed by atoms with E-state index in [9.17, 15) is 13.2 Å². The molecule has 9 heteroatoms. The van der Waals surface area contributed by atoms with Gasteiger partial charge in [-0.3, -0.25) is 5.10 Å². The van der Waals surface area contributed by atoms with Gasteiger partial charge in [0.05, 0.1) is 18.2 Å². The molecule has 20 heavy (non-hydrogen) atoms. The molecule has 2 N–H and O–H groups in total. The molecule has 3 heterocycles. The van der Waals surface area contributed by atoms with Crippen molar-refractivity contribution in [3.63, 3.8) is 0 Å². The van der Waals surface area contributed by atoms with Gasteiger partial charge in [0, 0.05) is 6.20 Å². The number of fused-ring (bicyclic) bond motifs is 1. The van der Waals surface area contributed by atoms with Gasteiger partial charge in [-0.25, -0.2) is 9.97 Å². The normalized spacial score (nSPS) is 11.9. The van der Waals surface area contributed by atoms with Gasteiger partial charge < -0.3 is 9.73 Å². The number of furan rings is 1. The average Bonchev–Trinajstić information content (AvgIpc) is 3.04. The zero-order valence-electron chi connectivity index (χ0n) is 9.90. The Morgan fingerprint density at radius 3 is 2.90 bits per heavy atom. The highest BCUT2D eigenvalue weighted by atomic mass is 19.4. The van der Waals surface area contributed by atoms with Crippen LogP contribution in [0.4, 0.5) is 19.0 Å². The Balaban J connectivity index is 1.76. The SMILES string of the molecule is FC(F)(F)c1n[nH]c(CNc2nccc3occc23)n1. The minimum atomic E-state index is -4.56. The van der Waals surface area contributed by atoms with Crippen LogP contribution >= 0.6 is 0 Å². The minimum Gasteiger partial charge on any atom is -0.464 e. The third-order valence-corrected chi connectivity index (χ3v) is 2.59. The van der Waals surface area contributed by atoms with Gasteiger partial charge in [-0.1, -0.05) is 0 Å². The van der Waals surface area contributed by atoms with Gasteiger partial charge in [-0.15, -0.1) is 5.10 Å². The van der Waals surface area contributed by atoms with Crippen molar-refractivity contribution in [2.45, 2.75) is 12.7 Å². The monoisotopic (exact) mass is 283 g/mol. The second kappa shape index (κ2) is 4.51. The van der Waals surface area contributed by atoms with Gasteiger partial charge >= 0.3 is 6.18 Å². The molecule has 0 bridgehead atoms. The molecule has 3 rings (SSSR count). The van der Waals surface area contributed by atoms with E-state index >= 15 is 0 Å². The Hall–Kier alpha value is -2.58. The van der Waals surface area contributed by atoms with E-state index in [4.69, 9.17) is 4.42 Å². The molecule has 0 atom stereocenters. The van der Waals surface area contributed by atoms with Crippen LogP contribution in [0.2, 0.25) is 0 Å². The molecule has 104 valence electrons.